The van der Waals surface area contributed by atoms with Gasteiger partial charge in [-0.1, -0.05) is 6.92 Å². The molecule has 1 fully saturated rings. The van der Waals surface area contributed by atoms with Gasteiger partial charge in [0.1, 0.15) is 0 Å². The summed E-state index contributed by atoms with van der Waals surface area (Å²) in [5.41, 5.74) is 5.47. The van der Waals surface area contributed by atoms with E-state index in [1.165, 1.54) is 0 Å². The van der Waals surface area contributed by atoms with Gasteiger partial charge in [-0.3, -0.25) is 4.99 Å². The van der Waals surface area contributed by atoms with E-state index < -0.39 is 0 Å². The number of hydrogen-bond donors (Lipinski definition) is 1. The molecule has 0 amide bonds. The summed E-state index contributed by atoms with van der Waals surface area (Å²) in [5, 5.41) is 0. The first-order chi connectivity index (χ1) is 5.70. The van der Waals surface area contributed by atoms with E-state index in [-0.39, 0.29) is 0 Å². The van der Waals surface area contributed by atoms with Gasteiger partial charge < -0.3 is 10.5 Å². The quantitative estimate of drug-likeness (QED) is 0.497. The Morgan fingerprint density at radius 2 is 2.42 bits per heavy atom. The van der Waals surface area contributed by atoms with E-state index in [0.29, 0.717) is 17.7 Å². The lowest BCUT2D eigenvalue weighted by Gasteiger charge is -2.27. The summed E-state index contributed by atoms with van der Waals surface area (Å²) in [7, 11) is 0. The predicted octanol–water partition coefficient (Wildman–Crippen LogP) is 1.04. The van der Waals surface area contributed by atoms with Crippen LogP contribution >= 0.6 is 0 Å². The fourth-order valence-electron chi connectivity index (χ4n) is 1.46. The fraction of sp³-hybridized carbons (Fsp3) is 0.889. The van der Waals surface area contributed by atoms with Crippen LogP contribution in [0.25, 0.3) is 0 Å². The Morgan fingerprint density at radius 3 is 3.00 bits per heavy atom. The molecule has 1 saturated heterocycles. The topological polar surface area (TPSA) is 47.6 Å². The minimum Gasteiger partial charge on any atom is -0.388 e. The van der Waals surface area contributed by atoms with E-state index in [4.69, 9.17) is 10.5 Å². The van der Waals surface area contributed by atoms with E-state index >= 15 is 0 Å². The van der Waals surface area contributed by atoms with E-state index in [0.717, 1.165) is 26.2 Å². The SMILES string of the molecule is CC(N)=NCC1CCOCC1C. The molecule has 1 heterocycles. The van der Waals surface area contributed by atoms with E-state index in [1.807, 2.05) is 6.92 Å². The number of nitrogens with two attached hydrogens (primary N) is 1. The van der Waals surface area contributed by atoms with E-state index in [9.17, 15) is 0 Å². The van der Waals surface area contributed by atoms with Gasteiger partial charge >= 0.3 is 0 Å². The van der Waals surface area contributed by atoms with Crippen molar-refractivity contribution in [3.05, 3.63) is 0 Å². The molecule has 3 nitrogen and oxygen atoms in total. The van der Waals surface area contributed by atoms with Crippen LogP contribution in [-0.2, 0) is 4.74 Å². The summed E-state index contributed by atoms with van der Waals surface area (Å²) in [6.45, 7) is 6.68. The summed E-state index contributed by atoms with van der Waals surface area (Å²) in [6, 6.07) is 0. The summed E-state index contributed by atoms with van der Waals surface area (Å²) in [5.74, 6) is 1.98. The van der Waals surface area contributed by atoms with Crippen molar-refractivity contribution in [3.63, 3.8) is 0 Å². The van der Waals surface area contributed by atoms with Crippen molar-refractivity contribution in [2.24, 2.45) is 22.6 Å². The largest absolute Gasteiger partial charge is 0.388 e. The maximum Gasteiger partial charge on any atom is 0.0905 e. The molecule has 0 spiro atoms. The third-order valence-corrected chi connectivity index (χ3v) is 2.39. The number of aliphatic imine (C=N–C) groups is 1. The molecule has 0 saturated carbocycles. The molecule has 70 valence electrons. The van der Waals surface area contributed by atoms with Crippen LogP contribution in [0.3, 0.4) is 0 Å². The standard InChI is InChI=1S/C9H18N2O/c1-7-6-12-4-3-9(7)5-11-8(2)10/h7,9H,3-6H2,1-2H3,(H2,10,11). The van der Waals surface area contributed by atoms with Gasteiger partial charge in [0, 0.05) is 19.8 Å². The summed E-state index contributed by atoms with van der Waals surface area (Å²) in [6.07, 6.45) is 1.12. The zero-order chi connectivity index (χ0) is 8.97. The van der Waals surface area contributed by atoms with Crippen molar-refractivity contribution in [3.8, 4) is 0 Å². The Bertz CT molecular complexity index is 164. The monoisotopic (exact) mass is 170 g/mol. The second-order valence-electron chi connectivity index (χ2n) is 3.58. The van der Waals surface area contributed by atoms with Crippen molar-refractivity contribution < 1.29 is 4.74 Å². The minimum absolute atomic E-state index is 0.627. The van der Waals surface area contributed by atoms with Crippen LogP contribution in [-0.4, -0.2) is 25.6 Å². The van der Waals surface area contributed by atoms with Crippen LogP contribution in [0.15, 0.2) is 4.99 Å². The maximum absolute atomic E-state index is 5.47. The molecule has 1 aliphatic heterocycles. The van der Waals surface area contributed by atoms with Gasteiger partial charge in [-0.15, -0.1) is 0 Å². The van der Waals surface area contributed by atoms with Gasteiger partial charge in [0.15, 0.2) is 0 Å². The highest BCUT2D eigenvalue weighted by molar-refractivity contribution is 5.77. The molecule has 0 aliphatic carbocycles. The van der Waals surface area contributed by atoms with Gasteiger partial charge in [0.2, 0.25) is 0 Å². The Morgan fingerprint density at radius 1 is 1.67 bits per heavy atom. The Balaban J connectivity index is 2.34. The van der Waals surface area contributed by atoms with E-state index in [1.54, 1.807) is 0 Å². The average Bonchev–Trinajstić information content (AvgIpc) is 2.03. The molecular weight excluding hydrogens is 152 g/mol. The molecule has 0 aromatic rings. The number of nitrogens with zero attached hydrogens (tertiary/aromatic N) is 1. The normalized spacial score (nSPS) is 32.0. The van der Waals surface area contributed by atoms with Gasteiger partial charge in [-0.2, -0.15) is 0 Å². The molecule has 1 rings (SSSR count). The summed E-state index contributed by atoms with van der Waals surface area (Å²) < 4.78 is 5.34. The maximum atomic E-state index is 5.47. The Hall–Kier alpha value is -0.570. The Labute approximate surface area is 74.0 Å². The van der Waals surface area contributed by atoms with Crippen LogP contribution < -0.4 is 5.73 Å². The van der Waals surface area contributed by atoms with Crippen LogP contribution in [0.4, 0.5) is 0 Å². The van der Waals surface area contributed by atoms with Crippen molar-refractivity contribution in [2.75, 3.05) is 19.8 Å². The molecule has 0 radical (unpaired) electrons. The van der Waals surface area contributed by atoms with Gasteiger partial charge in [-0.05, 0) is 25.2 Å². The summed E-state index contributed by atoms with van der Waals surface area (Å²) >= 11 is 0. The number of ether oxygens (including phenoxy) is 1. The smallest absolute Gasteiger partial charge is 0.0905 e. The third-order valence-electron chi connectivity index (χ3n) is 2.39. The molecule has 2 N–H and O–H groups in total. The van der Waals surface area contributed by atoms with Crippen LogP contribution in [0.2, 0.25) is 0 Å². The van der Waals surface area contributed by atoms with Crippen LogP contribution in [0.5, 0.6) is 0 Å². The number of rotatable bonds is 2. The Kier molecular flexibility index (Phi) is 3.53. The van der Waals surface area contributed by atoms with E-state index in [2.05, 4.69) is 11.9 Å². The molecule has 3 heteroatoms. The lowest BCUT2D eigenvalue weighted by Crippen LogP contribution is -2.27. The lowest BCUT2D eigenvalue weighted by atomic mass is 9.90. The highest BCUT2D eigenvalue weighted by Gasteiger charge is 2.20. The molecule has 12 heavy (non-hydrogen) atoms. The van der Waals surface area contributed by atoms with Gasteiger partial charge in [0.25, 0.3) is 0 Å². The first-order valence-corrected chi connectivity index (χ1v) is 4.54. The lowest BCUT2D eigenvalue weighted by molar-refractivity contribution is 0.0273. The predicted molar refractivity (Wildman–Crippen MR) is 50.3 cm³/mol. The molecule has 1 aliphatic rings. The molecule has 0 bridgehead atoms. The van der Waals surface area contributed by atoms with Crippen molar-refractivity contribution in [1.82, 2.24) is 0 Å². The van der Waals surface area contributed by atoms with Crippen molar-refractivity contribution in [2.45, 2.75) is 20.3 Å². The second kappa shape index (κ2) is 4.45. The molecule has 2 atom stereocenters. The highest BCUT2D eigenvalue weighted by atomic mass is 16.5. The third kappa shape index (κ3) is 2.81. The first-order valence-electron chi connectivity index (χ1n) is 4.54. The number of amidine groups is 1. The number of hydrogen-bond acceptors (Lipinski definition) is 2. The second-order valence-corrected chi connectivity index (χ2v) is 3.58. The molecule has 2 unspecified atom stereocenters. The highest BCUT2D eigenvalue weighted by Crippen LogP contribution is 2.21. The fourth-order valence-corrected chi connectivity index (χ4v) is 1.46. The molecule has 0 aromatic heterocycles. The van der Waals surface area contributed by atoms with Gasteiger partial charge in [0.05, 0.1) is 5.84 Å². The molecular formula is C9H18N2O. The van der Waals surface area contributed by atoms with Crippen LogP contribution in [0.1, 0.15) is 20.3 Å². The minimum atomic E-state index is 0.627. The van der Waals surface area contributed by atoms with Crippen molar-refractivity contribution >= 4 is 5.84 Å². The summed E-state index contributed by atoms with van der Waals surface area (Å²) in [4.78, 5) is 4.24. The first kappa shape index (κ1) is 9.52. The zero-order valence-corrected chi connectivity index (χ0v) is 7.92. The molecule has 0 aromatic carbocycles. The average molecular weight is 170 g/mol. The zero-order valence-electron chi connectivity index (χ0n) is 7.92. The van der Waals surface area contributed by atoms with Crippen LogP contribution in [0, 0.1) is 11.8 Å². The van der Waals surface area contributed by atoms with Crippen molar-refractivity contribution in [1.29, 1.82) is 0 Å². The van der Waals surface area contributed by atoms with Gasteiger partial charge in [-0.25, -0.2) is 0 Å².